The molecular weight excluding hydrogens is 430 g/mol. The van der Waals surface area contributed by atoms with Gasteiger partial charge in [-0.05, 0) is 37.8 Å². The van der Waals surface area contributed by atoms with E-state index in [1.807, 2.05) is 13.1 Å². The van der Waals surface area contributed by atoms with Crippen molar-refractivity contribution < 1.29 is 18.4 Å². The van der Waals surface area contributed by atoms with Crippen LogP contribution in [0.5, 0.6) is 0 Å². The molecule has 2 amide bonds. The second kappa shape index (κ2) is 9.07. The molecular formula is C23H30F2N6O2. The fourth-order valence-electron chi connectivity index (χ4n) is 4.29. The van der Waals surface area contributed by atoms with E-state index in [1.54, 1.807) is 23.7 Å². The van der Waals surface area contributed by atoms with E-state index in [2.05, 4.69) is 20.7 Å². The van der Waals surface area contributed by atoms with Crippen molar-refractivity contribution in [3.8, 4) is 0 Å². The first-order valence-electron chi connectivity index (χ1n) is 11.3. The van der Waals surface area contributed by atoms with Crippen molar-refractivity contribution in [3.63, 3.8) is 0 Å². The molecule has 2 aliphatic rings. The van der Waals surface area contributed by atoms with Crippen LogP contribution in [0.2, 0.25) is 0 Å². The number of aryl methyl sites for hydroxylation is 2. The Morgan fingerprint density at radius 2 is 2.00 bits per heavy atom. The number of hydrogen-bond donors (Lipinski definition) is 2. The number of carbonyl (C=O) groups is 2. The summed E-state index contributed by atoms with van der Waals surface area (Å²) in [4.78, 5) is 30.3. The van der Waals surface area contributed by atoms with Crippen molar-refractivity contribution in [1.29, 1.82) is 0 Å². The number of likely N-dealkylation sites (tertiary alicyclic amines) is 1. The average Bonchev–Trinajstić information content (AvgIpc) is 3.05. The molecule has 1 saturated carbocycles. The number of hydrogen-bond acceptors (Lipinski definition) is 5. The van der Waals surface area contributed by atoms with Crippen molar-refractivity contribution in [2.24, 2.45) is 7.05 Å². The lowest BCUT2D eigenvalue weighted by molar-refractivity contribution is -0.119. The van der Waals surface area contributed by atoms with E-state index in [0.29, 0.717) is 17.3 Å². The zero-order valence-electron chi connectivity index (χ0n) is 19.2. The van der Waals surface area contributed by atoms with E-state index >= 15 is 0 Å². The number of anilines is 2. The maximum atomic E-state index is 14.2. The quantitative estimate of drug-likeness (QED) is 0.688. The van der Waals surface area contributed by atoms with Gasteiger partial charge in [0.25, 0.3) is 11.8 Å². The maximum Gasteiger partial charge on any atom is 0.273 e. The van der Waals surface area contributed by atoms with E-state index in [1.165, 1.54) is 13.3 Å². The SMILES string of the molecule is CC(=O)NCC1CCC(F)(F)CN1C(=O)c1nc(Nc2cc(C3CCC3)nn2C)ccc1C. The Morgan fingerprint density at radius 1 is 1.24 bits per heavy atom. The Labute approximate surface area is 191 Å². The molecule has 2 aromatic rings. The summed E-state index contributed by atoms with van der Waals surface area (Å²) in [5.41, 5.74) is 1.75. The molecule has 1 aliphatic carbocycles. The monoisotopic (exact) mass is 460 g/mol. The van der Waals surface area contributed by atoms with Gasteiger partial charge in [0.1, 0.15) is 17.3 Å². The normalized spacial score (nSPS) is 20.3. The Bertz CT molecular complexity index is 1050. The number of nitrogens with zero attached hydrogens (tertiary/aromatic N) is 4. The summed E-state index contributed by atoms with van der Waals surface area (Å²) >= 11 is 0. The Kier molecular flexibility index (Phi) is 6.36. The van der Waals surface area contributed by atoms with Gasteiger partial charge in [-0.2, -0.15) is 5.10 Å². The van der Waals surface area contributed by atoms with E-state index in [0.717, 1.165) is 29.3 Å². The molecule has 1 unspecified atom stereocenters. The number of rotatable bonds is 6. The van der Waals surface area contributed by atoms with Gasteiger partial charge >= 0.3 is 0 Å². The van der Waals surface area contributed by atoms with Gasteiger partial charge in [0.2, 0.25) is 5.91 Å². The maximum absolute atomic E-state index is 14.2. The van der Waals surface area contributed by atoms with Gasteiger partial charge in [0.05, 0.1) is 12.2 Å². The Hall–Kier alpha value is -3.04. The topological polar surface area (TPSA) is 92.2 Å². The number of nitrogens with one attached hydrogen (secondary N) is 2. The molecule has 10 heteroatoms. The molecule has 0 aromatic carbocycles. The summed E-state index contributed by atoms with van der Waals surface area (Å²) in [5, 5.41) is 10.4. The highest BCUT2D eigenvalue weighted by molar-refractivity contribution is 5.94. The van der Waals surface area contributed by atoms with Gasteiger partial charge in [-0.25, -0.2) is 13.8 Å². The van der Waals surface area contributed by atoms with Crippen LogP contribution in [-0.2, 0) is 11.8 Å². The highest BCUT2D eigenvalue weighted by Crippen LogP contribution is 2.36. The summed E-state index contributed by atoms with van der Waals surface area (Å²) in [5.74, 6) is -2.13. The van der Waals surface area contributed by atoms with Gasteiger partial charge in [-0.1, -0.05) is 12.5 Å². The molecule has 1 atom stereocenters. The number of piperidine rings is 1. The number of pyridine rings is 1. The van der Waals surface area contributed by atoms with Crippen LogP contribution in [0.15, 0.2) is 18.2 Å². The number of alkyl halides is 2. The molecule has 8 nitrogen and oxygen atoms in total. The average molecular weight is 461 g/mol. The smallest absolute Gasteiger partial charge is 0.273 e. The van der Waals surface area contributed by atoms with Gasteiger partial charge in [-0.15, -0.1) is 0 Å². The van der Waals surface area contributed by atoms with Crippen LogP contribution in [0, 0.1) is 6.92 Å². The lowest BCUT2D eigenvalue weighted by atomic mass is 9.83. The Morgan fingerprint density at radius 3 is 2.67 bits per heavy atom. The van der Waals surface area contributed by atoms with Crippen molar-refractivity contribution in [2.45, 2.75) is 63.8 Å². The first kappa shape index (κ1) is 23.1. The van der Waals surface area contributed by atoms with Crippen molar-refractivity contribution in [2.75, 3.05) is 18.4 Å². The number of halogens is 2. The summed E-state index contributed by atoms with van der Waals surface area (Å²) in [6.07, 6.45) is 3.28. The van der Waals surface area contributed by atoms with Crippen LogP contribution in [0.3, 0.4) is 0 Å². The van der Waals surface area contributed by atoms with E-state index in [-0.39, 0.29) is 31.0 Å². The first-order valence-corrected chi connectivity index (χ1v) is 11.3. The summed E-state index contributed by atoms with van der Waals surface area (Å²) < 4.78 is 30.1. The standard InChI is InChI=1S/C23H30F2N6O2/c1-14-7-8-19(27-20-11-18(29-30(20)3)16-5-4-6-16)28-21(14)22(33)31-13-23(24,25)10-9-17(31)12-26-15(2)32/h7-8,11,16-17H,4-6,9-10,12-13H2,1-3H3,(H,26,32)(H,27,28). The van der Waals surface area contributed by atoms with E-state index in [4.69, 9.17) is 0 Å². The minimum absolute atomic E-state index is 0.106. The van der Waals surface area contributed by atoms with Crippen LogP contribution in [0.1, 0.15) is 66.7 Å². The van der Waals surface area contributed by atoms with Crippen LogP contribution < -0.4 is 10.6 Å². The molecule has 0 spiro atoms. The molecule has 0 radical (unpaired) electrons. The second-order valence-corrected chi connectivity index (χ2v) is 9.11. The van der Waals surface area contributed by atoms with Crippen molar-refractivity contribution >= 4 is 23.5 Å². The third-order valence-electron chi connectivity index (χ3n) is 6.51. The fourth-order valence-corrected chi connectivity index (χ4v) is 4.29. The van der Waals surface area contributed by atoms with Gasteiger partial charge in [0, 0.05) is 45.0 Å². The van der Waals surface area contributed by atoms with Gasteiger partial charge < -0.3 is 15.5 Å². The summed E-state index contributed by atoms with van der Waals surface area (Å²) in [6.45, 7) is 2.53. The lowest BCUT2D eigenvalue weighted by Gasteiger charge is -2.39. The highest BCUT2D eigenvalue weighted by Gasteiger charge is 2.42. The number of carbonyl (C=O) groups excluding carboxylic acids is 2. The number of amides is 2. The highest BCUT2D eigenvalue weighted by atomic mass is 19.3. The van der Waals surface area contributed by atoms with Crippen LogP contribution >= 0.6 is 0 Å². The zero-order chi connectivity index (χ0) is 23.8. The molecule has 2 N–H and O–H groups in total. The van der Waals surface area contributed by atoms with Crippen molar-refractivity contribution in [3.05, 3.63) is 35.2 Å². The molecule has 33 heavy (non-hydrogen) atoms. The van der Waals surface area contributed by atoms with Gasteiger partial charge in [0.15, 0.2) is 0 Å². The predicted octanol–water partition coefficient (Wildman–Crippen LogP) is 3.51. The van der Waals surface area contributed by atoms with E-state index < -0.39 is 24.4 Å². The van der Waals surface area contributed by atoms with Crippen LogP contribution in [0.25, 0.3) is 0 Å². The lowest BCUT2D eigenvalue weighted by Crippen LogP contribution is -2.55. The van der Waals surface area contributed by atoms with Crippen molar-refractivity contribution in [1.82, 2.24) is 25.0 Å². The second-order valence-electron chi connectivity index (χ2n) is 9.11. The molecule has 1 saturated heterocycles. The largest absolute Gasteiger partial charge is 0.354 e. The predicted molar refractivity (Wildman–Crippen MR) is 120 cm³/mol. The molecule has 2 fully saturated rings. The molecule has 2 aromatic heterocycles. The van der Waals surface area contributed by atoms with E-state index in [9.17, 15) is 18.4 Å². The molecule has 3 heterocycles. The minimum Gasteiger partial charge on any atom is -0.354 e. The Balaban J connectivity index is 1.56. The molecule has 0 bridgehead atoms. The minimum atomic E-state index is -2.97. The van der Waals surface area contributed by atoms with Crippen LogP contribution in [-0.4, -0.2) is 56.5 Å². The molecule has 178 valence electrons. The fraction of sp³-hybridized carbons (Fsp3) is 0.565. The first-order chi connectivity index (χ1) is 15.6. The molecule has 1 aliphatic heterocycles. The summed E-state index contributed by atoms with van der Waals surface area (Å²) in [6, 6.07) is 4.97. The summed E-state index contributed by atoms with van der Waals surface area (Å²) in [7, 11) is 1.84. The third-order valence-corrected chi connectivity index (χ3v) is 6.51. The van der Waals surface area contributed by atoms with Gasteiger partial charge in [-0.3, -0.25) is 14.3 Å². The van der Waals surface area contributed by atoms with Crippen LogP contribution in [0.4, 0.5) is 20.4 Å². The molecule has 4 rings (SSSR count). The third kappa shape index (κ3) is 5.15. The zero-order valence-corrected chi connectivity index (χ0v) is 19.2. The number of aromatic nitrogens is 3.